The molecule has 3 atom stereocenters. The Kier molecular flexibility index (Phi) is 10.4. The summed E-state index contributed by atoms with van der Waals surface area (Å²) in [5.41, 5.74) is 6.68. The van der Waals surface area contributed by atoms with Crippen LogP contribution < -0.4 is 27.0 Å². The number of nitrogens with zero attached hydrogens (tertiary/aromatic N) is 1. The van der Waals surface area contributed by atoms with Crippen molar-refractivity contribution in [1.82, 2.24) is 26.2 Å². The Hall–Kier alpha value is -4.51. The summed E-state index contributed by atoms with van der Waals surface area (Å²) in [4.78, 5) is 41.5. The molecule has 0 radical (unpaired) electrons. The molecule has 1 aliphatic rings. The Morgan fingerprint density at radius 3 is 2.55 bits per heavy atom. The Bertz CT molecular complexity index is 1420. The fourth-order valence-corrected chi connectivity index (χ4v) is 5.27. The number of rotatable bonds is 11. The van der Waals surface area contributed by atoms with Crippen LogP contribution in [-0.2, 0) is 16.0 Å². The number of likely N-dealkylation sites (N-methyl/N-ethyl adjacent to an activating group) is 1. The predicted octanol–water partition coefficient (Wildman–Crippen LogP) is 1.89. The van der Waals surface area contributed by atoms with E-state index in [1.807, 2.05) is 42.5 Å². The predicted molar refractivity (Wildman–Crippen MR) is 160 cm³/mol. The lowest BCUT2D eigenvalue weighted by Crippen LogP contribution is -2.54. The van der Waals surface area contributed by atoms with Gasteiger partial charge in [-0.15, -0.1) is 0 Å². The van der Waals surface area contributed by atoms with Crippen molar-refractivity contribution in [2.24, 2.45) is 5.73 Å². The summed E-state index contributed by atoms with van der Waals surface area (Å²) in [6.45, 7) is 0.981. The van der Waals surface area contributed by atoms with Crippen molar-refractivity contribution in [3.8, 4) is 0 Å². The van der Waals surface area contributed by atoms with Crippen LogP contribution in [0.3, 0.4) is 0 Å². The van der Waals surface area contributed by atoms with Gasteiger partial charge in [0.2, 0.25) is 11.8 Å². The van der Waals surface area contributed by atoms with Gasteiger partial charge in [-0.1, -0.05) is 42.5 Å². The molecular formula is C31H38FN7O3. The third-order valence-corrected chi connectivity index (χ3v) is 7.51. The van der Waals surface area contributed by atoms with Crippen LogP contribution in [0.25, 0.3) is 10.8 Å². The van der Waals surface area contributed by atoms with Crippen molar-refractivity contribution in [2.45, 2.75) is 43.8 Å². The second-order valence-corrected chi connectivity index (χ2v) is 10.5. The number of hydrogen-bond donors (Lipinski definition) is 6. The standard InChI is InChI=1S/C31H38FN7O3/c1-35-29(41)27(18-20-8-9-21-5-2-3-6-23(21)17-20)39-16-14-25(19-37-28(40)22-10-12-24(32)13-11-22)38-26(30(39)42)7-4-15-36-31(33)34/h2-3,5-6,8-13,17,25-27,38H,4,7,14-16,18-19H2,1H3,(H,35,41)(H,37,40)(H4,33,34,36)/t25-,26+,27-/m0/s1. The molecule has 0 unspecified atom stereocenters. The maximum Gasteiger partial charge on any atom is 0.251 e. The number of guanidine groups is 1. The third kappa shape index (κ3) is 8.03. The first kappa shape index (κ1) is 30.4. The quantitative estimate of drug-likeness (QED) is 0.117. The van der Waals surface area contributed by atoms with Crippen LogP contribution in [0, 0.1) is 11.2 Å². The molecule has 1 aliphatic heterocycles. The van der Waals surface area contributed by atoms with Crippen LogP contribution in [-0.4, -0.2) is 73.4 Å². The molecule has 1 saturated heterocycles. The molecule has 42 heavy (non-hydrogen) atoms. The van der Waals surface area contributed by atoms with Gasteiger partial charge in [-0.05, 0) is 59.9 Å². The molecule has 11 heteroatoms. The highest BCUT2D eigenvalue weighted by Crippen LogP contribution is 2.21. The van der Waals surface area contributed by atoms with Gasteiger partial charge in [0.15, 0.2) is 5.96 Å². The van der Waals surface area contributed by atoms with Gasteiger partial charge >= 0.3 is 0 Å². The molecule has 0 spiro atoms. The fraction of sp³-hybridized carbons (Fsp3) is 0.355. The monoisotopic (exact) mass is 575 g/mol. The van der Waals surface area contributed by atoms with Crippen molar-refractivity contribution in [3.63, 3.8) is 0 Å². The van der Waals surface area contributed by atoms with E-state index in [1.165, 1.54) is 24.3 Å². The lowest BCUT2D eigenvalue weighted by atomic mass is 9.99. The third-order valence-electron chi connectivity index (χ3n) is 7.51. The first-order valence-electron chi connectivity index (χ1n) is 14.1. The summed E-state index contributed by atoms with van der Waals surface area (Å²) in [7, 11) is 1.56. The zero-order valence-corrected chi connectivity index (χ0v) is 23.7. The largest absolute Gasteiger partial charge is 0.370 e. The summed E-state index contributed by atoms with van der Waals surface area (Å²) < 4.78 is 13.3. The van der Waals surface area contributed by atoms with E-state index in [1.54, 1.807) is 11.9 Å². The molecular weight excluding hydrogens is 537 g/mol. The Balaban J connectivity index is 1.52. The Labute approximate surface area is 244 Å². The lowest BCUT2D eigenvalue weighted by molar-refractivity contribution is -0.141. The molecule has 4 rings (SSSR count). The summed E-state index contributed by atoms with van der Waals surface area (Å²) in [6, 6.07) is 17.7. The number of carbonyl (C=O) groups excluding carboxylic acids is 3. The molecule has 3 aromatic carbocycles. The molecule has 3 aromatic rings. The van der Waals surface area contributed by atoms with Crippen LogP contribution in [0.2, 0.25) is 0 Å². The maximum absolute atomic E-state index is 13.9. The van der Waals surface area contributed by atoms with Gasteiger partial charge in [0.25, 0.3) is 5.91 Å². The smallest absolute Gasteiger partial charge is 0.251 e. The van der Waals surface area contributed by atoms with E-state index < -0.39 is 17.9 Å². The zero-order valence-electron chi connectivity index (χ0n) is 23.7. The normalized spacial score (nSPS) is 17.8. The maximum atomic E-state index is 13.9. The molecule has 0 bridgehead atoms. The fourth-order valence-electron chi connectivity index (χ4n) is 5.27. The molecule has 1 fully saturated rings. The highest BCUT2D eigenvalue weighted by molar-refractivity contribution is 5.94. The highest BCUT2D eigenvalue weighted by atomic mass is 19.1. The summed E-state index contributed by atoms with van der Waals surface area (Å²) in [6.07, 6.45) is 1.85. The number of amides is 3. The lowest BCUT2D eigenvalue weighted by Gasteiger charge is -2.31. The van der Waals surface area contributed by atoms with Gasteiger partial charge in [-0.25, -0.2) is 4.39 Å². The summed E-state index contributed by atoms with van der Waals surface area (Å²) >= 11 is 0. The van der Waals surface area contributed by atoms with Gasteiger partial charge in [0.1, 0.15) is 11.9 Å². The van der Waals surface area contributed by atoms with Crippen molar-refractivity contribution < 1.29 is 18.8 Å². The second-order valence-electron chi connectivity index (χ2n) is 10.5. The second kappa shape index (κ2) is 14.4. The molecule has 0 saturated carbocycles. The van der Waals surface area contributed by atoms with Crippen LogP contribution in [0.5, 0.6) is 0 Å². The minimum absolute atomic E-state index is 0.145. The summed E-state index contributed by atoms with van der Waals surface area (Å²) in [5.74, 6) is -1.36. The van der Waals surface area contributed by atoms with Gasteiger partial charge in [-0.2, -0.15) is 0 Å². The molecule has 222 valence electrons. The Morgan fingerprint density at radius 1 is 1.10 bits per heavy atom. The van der Waals surface area contributed by atoms with Crippen molar-refractivity contribution in [2.75, 3.05) is 26.7 Å². The zero-order chi connectivity index (χ0) is 30.1. The van der Waals surface area contributed by atoms with E-state index >= 15 is 0 Å². The van der Waals surface area contributed by atoms with Crippen molar-refractivity contribution in [3.05, 3.63) is 83.7 Å². The van der Waals surface area contributed by atoms with Crippen LogP contribution in [0.4, 0.5) is 4.39 Å². The molecule has 0 aliphatic carbocycles. The average molecular weight is 576 g/mol. The molecule has 10 nitrogen and oxygen atoms in total. The van der Waals surface area contributed by atoms with E-state index in [2.05, 4.69) is 21.3 Å². The minimum Gasteiger partial charge on any atom is -0.370 e. The van der Waals surface area contributed by atoms with E-state index in [0.29, 0.717) is 44.3 Å². The highest BCUT2D eigenvalue weighted by Gasteiger charge is 2.37. The number of fused-ring (bicyclic) bond motifs is 1. The van der Waals surface area contributed by atoms with Gasteiger partial charge in [-0.3, -0.25) is 19.8 Å². The summed E-state index contributed by atoms with van der Waals surface area (Å²) in [5, 5.41) is 21.3. The Morgan fingerprint density at radius 2 is 1.83 bits per heavy atom. The minimum atomic E-state index is -0.726. The number of nitrogens with one attached hydrogen (secondary N) is 5. The van der Waals surface area contributed by atoms with Gasteiger partial charge in [0, 0.05) is 44.7 Å². The van der Waals surface area contributed by atoms with Gasteiger partial charge in [0.05, 0.1) is 6.04 Å². The first-order chi connectivity index (χ1) is 20.2. The van der Waals surface area contributed by atoms with Gasteiger partial charge < -0.3 is 31.9 Å². The van der Waals surface area contributed by atoms with E-state index in [4.69, 9.17) is 11.1 Å². The molecule has 1 heterocycles. The number of hydrogen-bond acceptors (Lipinski definition) is 5. The molecule has 3 amide bonds. The topological polar surface area (TPSA) is 152 Å². The van der Waals surface area contributed by atoms with E-state index in [0.717, 1.165) is 16.3 Å². The number of carbonyl (C=O) groups is 3. The number of benzene rings is 3. The molecule has 7 N–H and O–H groups in total. The van der Waals surface area contributed by atoms with Crippen molar-refractivity contribution in [1.29, 1.82) is 5.41 Å². The number of halogens is 1. The van der Waals surface area contributed by atoms with E-state index in [9.17, 15) is 18.8 Å². The number of nitrogens with two attached hydrogens (primary N) is 1. The van der Waals surface area contributed by atoms with Crippen LogP contribution in [0.15, 0.2) is 66.7 Å². The SMILES string of the molecule is CNC(=O)[C@H](Cc1ccc2ccccc2c1)N1CC[C@@H](CNC(=O)c2ccc(F)cc2)N[C@H](CCCNC(=N)N)C1=O. The van der Waals surface area contributed by atoms with Crippen LogP contribution >= 0.6 is 0 Å². The van der Waals surface area contributed by atoms with E-state index in [-0.39, 0.29) is 36.3 Å². The van der Waals surface area contributed by atoms with Crippen molar-refractivity contribution >= 4 is 34.5 Å². The molecule has 0 aromatic heterocycles. The average Bonchev–Trinajstić information content (AvgIpc) is 3.14. The van der Waals surface area contributed by atoms with Crippen LogP contribution in [0.1, 0.15) is 35.2 Å². The first-order valence-corrected chi connectivity index (χ1v) is 14.1.